The molecule has 1 aliphatic rings. The minimum Gasteiger partial charge on any atom is -0.315 e. The zero-order valence-corrected chi connectivity index (χ0v) is 6.33. The molecule has 1 fully saturated rings. The Balaban J connectivity index is 2.70. The van der Waals surface area contributed by atoms with Crippen LogP contribution >= 0.6 is 0 Å². The molecule has 0 bridgehead atoms. The van der Waals surface area contributed by atoms with Gasteiger partial charge in [-0.1, -0.05) is 6.08 Å². The van der Waals surface area contributed by atoms with E-state index in [0.29, 0.717) is 6.42 Å². The number of imide groups is 1. The molecule has 0 radical (unpaired) electrons. The maximum Gasteiger partial charge on any atom is 0.324 e. The summed E-state index contributed by atoms with van der Waals surface area (Å²) in [6, 6.07) is -0.693. The van der Waals surface area contributed by atoms with Crippen LogP contribution in [0.15, 0.2) is 12.7 Å². The van der Waals surface area contributed by atoms with Crippen molar-refractivity contribution in [1.29, 1.82) is 0 Å². The number of carbonyl (C=O) groups excluding carboxylic acids is 2. The van der Waals surface area contributed by atoms with Gasteiger partial charge in [0.2, 0.25) is 0 Å². The first kappa shape index (κ1) is 7.78. The number of urea groups is 1. The van der Waals surface area contributed by atoms with Gasteiger partial charge in [0.25, 0.3) is 5.91 Å². The van der Waals surface area contributed by atoms with E-state index in [-0.39, 0.29) is 18.0 Å². The van der Waals surface area contributed by atoms with E-state index in [4.69, 9.17) is 0 Å². The Labute approximate surface area is 64.9 Å². The summed E-state index contributed by atoms with van der Waals surface area (Å²) in [5.41, 5.74) is 0. The number of carbonyl (C=O) groups is 2. The first-order valence-corrected chi connectivity index (χ1v) is 3.35. The van der Waals surface area contributed by atoms with Gasteiger partial charge in [0, 0.05) is 7.05 Å². The fraction of sp³-hybridized carbons (Fsp3) is 0.429. The highest BCUT2D eigenvalue weighted by Gasteiger charge is 2.34. The minimum absolute atomic E-state index is 0.239. The fourth-order valence-corrected chi connectivity index (χ4v) is 1.02. The molecule has 4 nitrogen and oxygen atoms in total. The van der Waals surface area contributed by atoms with Crippen molar-refractivity contribution in [2.75, 3.05) is 7.05 Å². The molecule has 1 rings (SSSR count). The molecule has 3 amide bonds. The molecule has 0 aliphatic carbocycles. The van der Waals surface area contributed by atoms with Gasteiger partial charge in [-0.15, -0.1) is 6.58 Å². The molecule has 11 heavy (non-hydrogen) atoms. The highest BCUT2D eigenvalue weighted by molar-refractivity contribution is 6.04. The van der Waals surface area contributed by atoms with Gasteiger partial charge < -0.3 is 4.90 Å². The Kier molecular flexibility index (Phi) is 1.94. The molecule has 1 heterocycles. The zero-order chi connectivity index (χ0) is 8.43. The third-order valence-electron chi connectivity index (χ3n) is 1.71. The van der Waals surface area contributed by atoms with Gasteiger partial charge in [-0.25, -0.2) is 4.79 Å². The van der Waals surface area contributed by atoms with Gasteiger partial charge in [0.05, 0.1) is 0 Å². The second-order valence-corrected chi connectivity index (χ2v) is 2.45. The Hall–Kier alpha value is -1.32. The topological polar surface area (TPSA) is 49.4 Å². The standard InChI is InChI=1S/C7H10N2O2/c1-3-4-5-6(10)8-7(11)9(5)2/h3,5H,1,4H2,2H3,(H,8,10,11). The van der Waals surface area contributed by atoms with E-state index in [2.05, 4.69) is 11.9 Å². The quantitative estimate of drug-likeness (QED) is 0.453. The summed E-state index contributed by atoms with van der Waals surface area (Å²) in [6.45, 7) is 3.50. The number of hydrogen-bond donors (Lipinski definition) is 1. The number of amides is 3. The first-order valence-electron chi connectivity index (χ1n) is 3.35. The predicted octanol–water partition coefficient (Wildman–Crippen LogP) is 0.113. The van der Waals surface area contributed by atoms with Crippen molar-refractivity contribution >= 4 is 11.9 Å². The third-order valence-corrected chi connectivity index (χ3v) is 1.71. The maximum atomic E-state index is 11.0. The van der Waals surface area contributed by atoms with Crippen molar-refractivity contribution in [2.45, 2.75) is 12.5 Å². The Morgan fingerprint density at radius 1 is 1.73 bits per heavy atom. The molecule has 0 saturated carbocycles. The minimum atomic E-state index is -0.361. The summed E-state index contributed by atoms with van der Waals surface area (Å²) < 4.78 is 0. The first-order chi connectivity index (χ1) is 5.16. The number of nitrogens with one attached hydrogen (secondary N) is 1. The lowest BCUT2D eigenvalue weighted by atomic mass is 10.2. The van der Waals surface area contributed by atoms with Crippen molar-refractivity contribution in [3.05, 3.63) is 12.7 Å². The molecular weight excluding hydrogens is 144 g/mol. The number of rotatable bonds is 2. The fourth-order valence-electron chi connectivity index (χ4n) is 1.02. The lowest BCUT2D eigenvalue weighted by Gasteiger charge is -2.13. The van der Waals surface area contributed by atoms with Gasteiger partial charge in [0.1, 0.15) is 6.04 Å². The van der Waals surface area contributed by atoms with Crippen LogP contribution in [0.4, 0.5) is 4.79 Å². The summed E-state index contributed by atoms with van der Waals surface area (Å²) in [5, 5.41) is 2.20. The second-order valence-electron chi connectivity index (χ2n) is 2.45. The number of hydrogen-bond acceptors (Lipinski definition) is 2. The Bertz CT molecular complexity index is 212. The van der Waals surface area contributed by atoms with Crippen LogP contribution in [-0.2, 0) is 4.79 Å². The smallest absolute Gasteiger partial charge is 0.315 e. The summed E-state index contributed by atoms with van der Waals surface area (Å²) in [6.07, 6.45) is 2.13. The molecule has 0 aromatic heterocycles. The van der Waals surface area contributed by atoms with E-state index in [0.717, 1.165) is 0 Å². The molecule has 1 unspecified atom stereocenters. The third kappa shape index (κ3) is 1.24. The van der Waals surface area contributed by atoms with E-state index in [1.807, 2.05) is 0 Å². The molecule has 1 atom stereocenters. The highest BCUT2D eigenvalue weighted by atomic mass is 16.2. The van der Waals surface area contributed by atoms with Gasteiger partial charge in [-0.05, 0) is 6.42 Å². The largest absolute Gasteiger partial charge is 0.324 e. The lowest BCUT2D eigenvalue weighted by molar-refractivity contribution is -0.121. The average Bonchev–Trinajstić information content (AvgIpc) is 2.17. The Morgan fingerprint density at radius 2 is 2.36 bits per heavy atom. The molecule has 0 aromatic carbocycles. The molecule has 60 valence electrons. The summed E-state index contributed by atoms with van der Waals surface area (Å²) in [4.78, 5) is 23.2. The van der Waals surface area contributed by atoms with Crippen LogP contribution in [0.5, 0.6) is 0 Å². The van der Waals surface area contributed by atoms with Crippen LogP contribution in [0, 0.1) is 0 Å². The van der Waals surface area contributed by atoms with E-state index in [9.17, 15) is 9.59 Å². The molecule has 1 aliphatic heterocycles. The van der Waals surface area contributed by atoms with Crippen molar-refractivity contribution in [3.8, 4) is 0 Å². The van der Waals surface area contributed by atoms with Crippen LogP contribution in [0.3, 0.4) is 0 Å². The van der Waals surface area contributed by atoms with E-state index < -0.39 is 0 Å². The zero-order valence-electron chi connectivity index (χ0n) is 6.33. The number of likely N-dealkylation sites (N-methyl/N-ethyl adjacent to an activating group) is 1. The second kappa shape index (κ2) is 2.74. The van der Waals surface area contributed by atoms with Crippen LogP contribution < -0.4 is 5.32 Å². The van der Waals surface area contributed by atoms with Gasteiger partial charge in [0.15, 0.2) is 0 Å². The van der Waals surface area contributed by atoms with Gasteiger partial charge in [-0.3, -0.25) is 10.1 Å². The van der Waals surface area contributed by atoms with Crippen LogP contribution in [0.25, 0.3) is 0 Å². The van der Waals surface area contributed by atoms with Crippen molar-refractivity contribution in [3.63, 3.8) is 0 Å². The van der Waals surface area contributed by atoms with Crippen molar-refractivity contribution in [1.82, 2.24) is 10.2 Å². The summed E-state index contributed by atoms with van der Waals surface area (Å²) in [5.74, 6) is -0.239. The molecular formula is C7H10N2O2. The van der Waals surface area contributed by atoms with Crippen LogP contribution in [-0.4, -0.2) is 29.9 Å². The van der Waals surface area contributed by atoms with E-state index in [1.165, 1.54) is 4.90 Å². The summed E-state index contributed by atoms with van der Waals surface area (Å²) >= 11 is 0. The normalized spacial score (nSPS) is 23.7. The average molecular weight is 154 g/mol. The molecule has 0 aromatic rings. The summed E-state index contributed by atoms with van der Waals surface area (Å²) in [7, 11) is 1.59. The molecule has 4 heteroatoms. The van der Waals surface area contributed by atoms with Crippen molar-refractivity contribution in [2.24, 2.45) is 0 Å². The maximum absolute atomic E-state index is 11.0. The molecule has 1 N–H and O–H groups in total. The highest BCUT2D eigenvalue weighted by Crippen LogP contribution is 2.08. The number of nitrogens with zero attached hydrogens (tertiary/aromatic N) is 1. The molecule has 1 saturated heterocycles. The lowest BCUT2D eigenvalue weighted by Crippen LogP contribution is -2.30. The van der Waals surface area contributed by atoms with E-state index >= 15 is 0 Å². The monoisotopic (exact) mass is 154 g/mol. The van der Waals surface area contributed by atoms with Crippen LogP contribution in [0.2, 0.25) is 0 Å². The van der Waals surface area contributed by atoms with Gasteiger partial charge >= 0.3 is 6.03 Å². The Morgan fingerprint density at radius 3 is 2.73 bits per heavy atom. The van der Waals surface area contributed by atoms with Gasteiger partial charge in [-0.2, -0.15) is 0 Å². The molecule has 0 spiro atoms. The van der Waals surface area contributed by atoms with Crippen LogP contribution in [0.1, 0.15) is 6.42 Å². The van der Waals surface area contributed by atoms with E-state index in [1.54, 1.807) is 13.1 Å². The van der Waals surface area contributed by atoms with Crippen molar-refractivity contribution < 1.29 is 9.59 Å². The SMILES string of the molecule is C=CCC1C(=O)NC(=O)N1C. The predicted molar refractivity (Wildman–Crippen MR) is 39.9 cm³/mol.